The Hall–Kier alpha value is -1.38. The lowest BCUT2D eigenvalue weighted by Gasteiger charge is -2.33. The van der Waals surface area contributed by atoms with Crippen LogP contribution in [0.2, 0.25) is 0 Å². The number of likely N-dealkylation sites (N-methyl/N-ethyl adjacent to an activating group) is 1. The molecule has 0 aromatic carbocycles. The topological polar surface area (TPSA) is 82.9 Å². The van der Waals surface area contributed by atoms with Gasteiger partial charge in [-0.25, -0.2) is 13.1 Å². The predicted molar refractivity (Wildman–Crippen MR) is 73.0 cm³/mol. The average molecular weight is 301 g/mol. The van der Waals surface area contributed by atoms with Crippen molar-refractivity contribution in [3.63, 3.8) is 0 Å². The number of furan rings is 1. The minimum atomic E-state index is -3.65. The number of amides is 1. The van der Waals surface area contributed by atoms with Gasteiger partial charge in [0.1, 0.15) is 0 Å². The van der Waals surface area contributed by atoms with Gasteiger partial charge in [0.2, 0.25) is 5.09 Å². The summed E-state index contributed by atoms with van der Waals surface area (Å²) in [7, 11) is -2.36. The Bertz CT molecular complexity index is 573. The fraction of sp³-hybridized carbons (Fsp3) is 0.583. The Kier molecular flexibility index (Phi) is 4.46. The van der Waals surface area contributed by atoms with E-state index in [9.17, 15) is 13.2 Å². The highest BCUT2D eigenvalue weighted by atomic mass is 32.2. The zero-order valence-corrected chi connectivity index (χ0v) is 12.4. The monoisotopic (exact) mass is 301 g/mol. The molecule has 2 heterocycles. The summed E-state index contributed by atoms with van der Waals surface area (Å²) < 4.78 is 30.4. The maximum absolute atomic E-state index is 12.2. The molecule has 1 aliphatic rings. The van der Waals surface area contributed by atoms with Crippen molar-refractivity contribution in [1.29, 1.82) is 0 Å². The highest BCUT2D eigenvalue weighted by molar-refractivity contribution is 7.89. The van der Waals surface area contributed by atoms with Crippen molar-refractivity contribution in [2.45, 2.75) is 12.0 Å². The molecule has 7 nitrogen and oxygen atoms in total. The molecule has 2 rings (SSSR count). The number of carbonyl (C=O) groups is 1. The zero-order valence-electron chi connectivity index (χ0n) is 11.6. The van der Waals surface area contributed by atoms with Crippen molar-refractivity contribution in [3.8, 4) is 0 Å². The van der Waals surface area contributed by atoms with Gasteiger partial charge in [0.15, 0.2) is 5.76 Å². The summed E-state index contributed by atoms with van der Waals surface area (Å²) in [5, 5.41) is -0.240. The van der Waals surface area contributed by atoms with E-state index in [0.29, 0.717) is 13.1 Å². The lowest BCUT2D eigenvalue weighted by molar-refractivity contribution is 0.0607. The van der Waals surface area contributed by atoms with Crippen LogP contribution in [0.3, 0.4) is 0 Å². The average Bonchev–Trinajstić information content (AvgIpc) is 2.97. The molecule has 20 heavy (non-hydrogen) atoms. The maximum Gasteiger partial charge on any atom is 0.289 e. The molecule has 1 aliphatic heterocycles. The van der Waals surface area contributed by atoms with Crippen LogP contribution in [-0.2, 0) is 10.0 Å². The molecule has 0 bridgehead atoms. The Morgan fingerprint density at radius 2 is 1.95 bits per heavy atom. The third-order valence-corrected chi connectivity index (χ3v) is 4.72. The van der Waals surface area contributed by atoms with Crippen molar-refractivity contribution in [1.82, 2.24) is 14.5 Å². The molecule has 8 heteroatoms. The Morgan fingerprint density at radius 3 is 2.50 bits per heavy atom. The first kappa shape index (κ1) is 15.0. The highest BCUT2D eigenvalue weighted by Gasteiger charge is 2.25. The number of nitrogens with zero attached hydrogens (tertiary/aromatic N) is 2. The van der Waals surface area contributed by atoms with E-state index in [1.54, 1.807) is 4.90 Å². The van der Waals surface area contributed by atoms with Crippen LogP contribution in [0.5, 0.6) is 0 Å². The first-order chi connectivity index (χ1) is 9.47. The van der Waals surface area contributed by atoms with Gasteiger partial charge >= 0.3 is 0 Å². The van der Waals surface area contributed by atoms with Gasteiger partial charge in [-0.05, 0) is 25.7 Å². The minimum Gasteiger partial charge on any atom is -0.438 e. The summed E-state index contributed by atoms with van der Waals surface area (Å²) in [5.74, 6) is -0.206. The second-order valence-electron chi connectivity index (χ2n) is 4.55. The van der Waals surface area contributed by atoms with Gasteiger partial charge in [0, 0.05) is 26.2 Å². The molecule has 1 fully saturated rings. The van der Waals surface area contributed by atoms with E-state index in [1.165, 1.54) is 19.2 Å². The Morgan fingerprint density at radius 1 is 1.30 bits per heavy atom. The molecule has 1 aromatic heterocycles. The van der Waals surface area contributed by atoms with E-state index in [0.717, 1.165) is 19.6 Å². The van der Waals surface area contributed by atoms with Crippen LogP contribution in [0, 0.1) is 0 Å². The molecule has 0 aliphatic carbocycles. The van der Waals surface area contributed by atoms with Gasteiger partial charge in [-0.1, -0.05) is 6.92 Å². The van der Waals surface area contributed by atoms with Crippen molar-refractivity contribution in [2.75, 3.05) is 39.8 Å². The van der Waals surface area contributed by atoms with Crippen molar-refractivity contribution < 1.29 is 17.6 Å². The Labute approximate surface area is 118 Å². The molecule has 1 saturated heterocycles. The molecule has 0 unspecified atom stereocenters. The largest absolute Gasteiger partial charge is 0.438 e. The van der Waals surface area contributed by atoms with E-state index in [4.69, 9.17) is 4.42 Å². The van der Waals surface area contributed by atoms with Crippen LogP contribution in [-0.4, -0.2) is 63.9 Å². The summed E-state index contributed by atoms with van der Waals surface area (Å²) >= 11 is 0. The molecule has 0 atom stereocenters. The quantitative estimate of drug-likeness (QED) is 0.844. The van der Waals surface area contributed by atoms with Gasteiger partial charge in [-0.3, -0.25) is 4.79 Å². The zero-order chi connectivity index (χ0) is 14.8. The molecule has 1 N–H and O–H groups in total. The summed E-state index contributed by atoms with van der Waals surface area (Å²) in [4.78, 5) is 16.2. The van der Waals surface area contributed by atoms with E-state index in [2.05, 4.69) is 16.5 Å². The Balaban J connectivity index is 2.07. The molecular weight excluding hydrogens is 282 g/mol. The number of hydrogen-bond acceptors (Lipinski definition) is 5. The summed E-state index contributed by atoms with van der Waals surface area (Å²) in [6.45, 7) is 5.95. The second-order valence-corrected chi connectivity index (χ2v) is 6.37. The van der Waals surface area contributed by atoms with Crippen LogP contribution in [0.25, 0.3) is 0 Å². The van der Waals surface area contributed by atoms with E-state index in [-0.39, 0.29) is 16.8 Å². The van der Waals surface area contributed by atoms with Crippen molar-refractivity contribution >= 4 is 15.9 Å². The van der Waals surface area contributed by atoms with Gasteiger partial charge in [-0.15, -0.1) is 0 Å². The molecule has 112 valence electrons. The third-order valence-electron chi connectivity index (χ3n) is 3.43. The molecule has 1 aromatic rings. The normalized spacial score (nSPS) is 17.4. The van der Waals surface area contributed by atoms with Gasteiger partial charge < -0.3 is 14.2 Å². The predicted octanol–water partition coefficient (Wildman–Crippen LogP) is -0.0346. The smallest absolute Gasteiger partial charge is 0.289 e. The van der Waals surface area contributed by atoms with Crippen molar-refractivity contribution in [2.24, 2.45) is 0 Å². The fourth-order valence-corrected chi connectivity index (χ4v) is 2.75. The highest BCUT2D eigenvalue weighted by Crippen LogP contribution is 2.16. The molecule has 0 saturated carbocycles. The van der Waals surface area contributed by atoms with Crippen LogP contribution < -0.4 is 4.72 Å². The number of sulfonamides is 1. The molecule has 0 spiro atoms. The third kappa shape index (κ3) is 3.02. The van der Waals surface area contributed by atoms with Gasteiger partial charge in [0.05, 0.1) is 0 Å². The van der Waals surface area contributed by atoms with E-state index >= 15 is 0 Å². The summed E-state index contributed by atoms with van der Waals surface area (Å²) in [6.07, 6.45) is 0. The van der Waals surface area contributed by atoms with Crippen LogP contribution in [0.15, 0.2) is 21.6 Å². The van der Waals surface area contributed by atoms with Crippen LogP contribution in [0.1, 0.15) is 17.5 Å². The van der Waals surface area contributed by atoms with Gasteiger partial charge in [-0.2, -0.15) is 0 Å². The fourth-order valence-electron chi connectivity index (χ4n) is 2.10. The van der Waals surface area contributed by atoms with Crippen LogP contribution in [0.4, 0.5) is 0 Å². The number of nitrogens with one attached hydrogen (secondary N) is 1. The first-order valence-corrected chi connectivity index (χ1v) is 8.01. The summed E-state index contributed by atoms with van der Waals surface area (Å²) in [6, 6.07) is 2.69. The second kappa shape index (κ2) is 5.94. The van der Waals surface area contributed by atoms with Crippen molar-refractivity contribution in [3.05, 3.63) is 17.9 Å². The molecular formula is C12H19N3O4S. The van der Waals surface area contributed by atoms with E-state index in [1.807, 2.05) is 0 Å². The molecule has 1 amide bonds. The number of carbonyl (C=O) groups excluding carboxylic acids is 1. The van der Waals surface area contributed by atoms with Crippen LogP contribution >= 0.6 is 0 Å². The standard InChI is InChI=1S/C12H19N3O4S/c1-3-14-6-8-15(9-7-14)12(16)10-4-5-11(19-10)20(17,18)13-2/h4-5,13H,3,6-9H2,1-2H3. The van der Waals surface area contributed by atoms with E-state index < -0.39 is 10.0 Å². The lowest BCUT2D eigenvalue weighted by Crippen LogP contribution is -2.48. The van der Waals surface area contributed by atoms with Gasteiger partial charge in [0.25, 0.3) is 15.9 Å². The summed E-state index contributed by atoms with van der Waals surface area (Å²) in [5.41, 5.74) is 0. The lowest BCUT2D eigenvalue weighted by atomic mass is 10.3. The first-order valence-electron chi connectivity index (χ1n) is 6.53. The SMILES string of the molecule is CCN1CCN(C(=O)c2ccc(S(=O)(=O)NC)o2)CC1. The number of piperazine rings is 1. The molecule has 0 radical (unpaired) electrons. The number of rotatable bonds is 4. The maximum atomic E-state index is 12.2. The minimum absolute atomic E-state index is 0.0590. The number of hydrogen-bond donors (Lipinski definition) is 1.